The van der Waals surface area contributed by atoms with E-state index in [4.69, 9.17) is 9.47 Å². The second-order valence-electron chi connectivity index (χ2n) is 5.13. The first-order chi connectivity index (χ1) is 9.88. The Kier molecular flexibility index (Phi) is 9.76. The topological polar surface area (TPSA) is 35.1 Å². The summed E-state index contributed by atoms with van der Waals surface area (Å²) in [6.07, 6.45) is 7.63. The van der Waals surface area contributed by atoms with Gasteiger partial charge >= 0.3 is 0 Å². The Bertz CT molecular complexity index is 342. The van der Waals surface area contributed by atoms with E-state index in [-0.39, 0.29) is 0 Å². The van der Waals surface area contributed by atoms with Gasteiger partial charge in [0.2, 0.25) is 0 Å². The van der Waals surface area contributed by atoms with Crippen molar-refractivity contribution in [1.29, 1.82) is 0 Å². The maximum atomic E-state index is 5.75. The first kappa shape index (κ1) is 16.8. The van der Waals surface area contributed by atoms with E-state index in [1.165, 1.54) is 45.2 Å². The van der Waals surface area contributed by atoms with Crippen molar-refractivity contribution < 1.29 is 14.8 Å². The van der Waals surface area contributed by atoms with Crippen molar-refractivity contribution in [3.05, 3.63) is 24.3 Å². The number of hydrogen-bond acceptors (Lipinski definition) is 2. The number of benzene rings is 1. The minimum Gasteiger partial charge on any atom is -0.493 e. The molecule has 114 valence electrons. The number of quaternary nitrogens is 1. The smallest absolute Gasteiger partial charge is 0.161 e. The SMILES string of the molecule is CCCC[NH2+]CCCCCCOc1ccccc1OC. The summed E-state index contributed by atoms with van der Waals surface area (Å²) >= 11 is 0. The van der Waals surface area contributed by atoms with Gasteiger partial charge in [-0.3, -0.25) is 0 Å². The fourth-order valence-corrected chi connectivity index (χ4v) is 2.16. The predicted molar refractivity (Wildman–Crippen MR) is 83.5 cm³/mol. The van der Waals surface area contributed by atoms with Gasteiger partial charge in [0.05, 0.1) is 26.8 Å². The normalized spacial score (nSPS) is 10.5. The molecule has 0 aromatic heterocycles. The molecule has 0 aliphatic heterocycles. The van der Waals surface area contributed by atoms with Gasteiger partial charge in [0.15, 0.2) is 11.5 Å². The molecule has 0 amide bonds. The van der Waals surface area contributed by atoms with Crippen molar-refractivity contribution in [3.8, 4) is 11.5 Å². The van der Waals surface area contributed by atoms with E-state index in [9.17, 15) is 0 Å². The van der Waals surface area contributed by atoms with Gasteiger partial charge in [-0.05, 0) is 44.2 Å². The summed E-state index contributed by atoms with van der Waals surface area (Å²) in [6, 6.07) is 7.83. The third-order valence-corrected chi connectivity index (χ3v) is 3.39. The third-order valence-electron chi connectivity index (χ3n) is 3.39. The summed E-state index contributed by atoms with van der Waals surface area (Å²) in [5, 5.41) is 2.44. The van der Waals surface area contributed by atoms with Crippen LogP contribution in [0, 0.1) is 0 Å². The maximum absolute atomic E-state index is 5.75. The average molecular weight is 280 g/mol. The van der Waals surface area contributed by atoms with Gasteiger partial charge in [-0.1, -0.05) is 25.5 Å². The second-order valence-corrected chi connectivity index (χ2v) is 5.13. The highest BCUT2D eigenvalue weighted by Gasteiger charge is 2.01. The molecule has 0 saturated heterocycles. The minimum atomic E-state index is 0.778. The van der Waals surface area contributed by atoms with Crippen LogP contribution >= 0.6 is 0 Å². The van der Waals surface area contributed by atoms with Crippen LogP contribution < -0.4 is 14.8 Å². The van der Waals surface area contributed by atoms with Gasteiger partial charge in [0.25, 0.3) is 0 Å². The Hall–Kier alpha value is -1.22. The Balaban J connectivity index is 1.97. The van der Waals surface area contributed by atoms with Gasteiger partial charge in [-0.25, -0.2) is 0 Å². The lowest BCUT2D eigenvalue weighted by atomic mass is 10.2. The lowest BCUT2D eigenvalue weighted by Gasteiger charge is -2.09. The van der Waals surface area contributed by atoms with E-state index in [1.54, 1.807) is 7.11 Å². The third kappa shape index (κ3) is 7.39. The molecular formula is C17H30NO2+. The van der Waals surface area contributed by atoms with Crippen molar-refractivity contribution in [3.63, 3.8) is 0 Å². The summed E-state index contributed by atoms with van der Waals surface area (Å²) < 4.78 is 11.0. The highest BCUT2D eigenvalue weighted by molar-refractivity contribution is 5.39. The highest BCUT2D eigenvalue weighted by Crippen LogP contribution is 2.25. The molecule has 0 spiro atoms. The van der Waals surface area contributed by atoms with Crippen molar-refractivity contribution in [2.45, 2.75) is 45.4 Å². The maximum Gasteiger partial charge on any atom is 0.161 e. The largest absolute Gasteiger partial charge is 0.493 e. The fourth-order valence-electron chi connectivity index (χ4n) is 2.16. The first-order valence-electron chi connectivity index (χ1n) is 7.96. The van der Waals surface area contributed by atoms with Crippen molar-refractivity contribution in [2.24, 2.45) is 0 Å². The Morgan fingerprint density at radius 1 is 0.900 bits per heavy atom. The van der Waals surface area contributed by atoms with Crippen molar-refractivity contribution in [1.82, 2.24) is 0 Å². The fraction of sp³-hybridized carbons (Fsp3) is 0.647. The van der Waals surface area contributed by atoms with Crippen LogP contribution in [0.15, 0.2) is 24.3 Å². The first-order valence-corrected chi connectivity index (χ1v) is 7.96. The number of hydrogen-bond donors (Lipinski definition) is 1. The predicted octanol–water partition coefficient (Wildman–Crippen LogP) is 3.00. The molecule has 0 aliphatic carbocycles. The van der Waals surface area contributed by atoms with Crippen LogP contribution in [0.4, 0.5) is 0 Å². The van der Waals surface area contributed by atoms with Crippen LogP contribution in [0.25, 0.3) is 0 Å². The lowest BCUT2D eigenvalue weighted by molar-refractivity contribution is -0.655. The Morgan fingerprint density at radius 3 is 2.35 bits per heavy atom. The van der Waals surface area contributed by atoms with Gasteiger partial charge < -0.3 is 14.8 Å². The molecule has 0 aliphatic rings. The van der Waals surface area contributed by atoms with Gasteiger partial charge in [0.1, 0.15) is 0 Å². The van der Waals surface area contributed by atoms with E-state index in [1.807, 2.05) is 24.3 Å². The molecule has 0 saturated carbocycles. The van der Waals surface area contributed by atoms with Crippen LogP contribution in [0.5, 0.6) is 11.5 Å². The molecule has 0 bridgehead atoms. The summed E-state index contributed by atoms with van der Waals surface area (Å²) in [6.45, 7) is 5.58. The summed E-state index contributed by atoms with van der Waals surface area (Å²) in [5.41, 5.74) is 0. The van der Waals surface area contributed by atoms with E-state index in [0.29, 0.717) is 0 Å². The number of rotatable bonds is 12. The Labute approximate surface area is 123 Å². The van der Waals surface area contributed by atoms with Gasteiger partial charge in [0, 0.05) is 0 Å². The lowest BCUT2D eigenvalue weighted by Crippen LogP contribution is -2.84. The van der Waals surface area contributed by atoms with E-state index < -0.39 is 0 Å². The molecule has 2 N–H and O–H groups in total. The van der Waals surface area contributed by atoms with E-state index >= 15 is 0 Å². The number of methoxy groups -OCH3 is 1. The molecular weight excluding hydrogens is 250 g/mol. The zero-order valence-corrected chi connectivity index (χ0v) is 13.1. The summed E-state index contributed by atoms with van der Waals surface area (Å²) in [7, 11) is 1.68. The second kappa shape index (κ2) is 11.6. The Morgan fingerprint density at radius 2 is 1.60 bits per heavy atom. The van der Waals surface area contributed by atoms with E-state index in [2.05, 4.69) is 12.2 Å². The number of nitrogens with two attached hydrogens (primary N) is 1. The molecule has 0 fully saturated rings. The molecule has 3 heteroatoms. The summed E-state index contributed by atoms with van der Waals surface area (Å²) in [4.78, 5) is 0. The van der Waals surface area contributed by atoms with Crippen LogP contribution in [-0.2, 0) is 0 Å². The van der Waals surface area contributed by atoms with Gasteiger partial charge in [-0.2, -0.15) is 0 Å². The monoisotopic (exact) mass is 280 g/mol. The van der Waals surface area contributed by atoms with Gasteiger partial charge in [-0.15, -0.1) is 0 Å². The molecule has 1 rings (SSSR count). The molecule has 0 radical (unpaired) electrons. The zero-order chi connectivity index (χ0) is 14.5. The molecule has 3 nitrogen and oxygen atoms in total. The van der Waals surface area contributed by atoms with Crippen molar-refractivity contribution >= 4 is 0 Å². The summed E-state index contributed by atoms with van der Waals surface area (Å²) in [5.74, 6) is 1.67. The minimum absolute atomic E-state index is 0.778. The zero-order valence-electron chi connectivity index (χ0n) is 13.1. The quantitative estimate of drug-likeness (QED) is 0.597. The molecule has 1 aromatic carbocycles. The molecule has 0 atom stereocenters. The van der Waals surface area contributed by atoms with Crippen LogP contribution in [0.2, 0.25) is 0 Å². The highest BCUT2D eigenvalue weighted by atomic mass is 16.5. The molecule has 0 heterocycles. The van der Waals surface area contributed by atoms with Crippen molar-refractivity contribution in [2.75, 3.05) is 26.8 Å². The molecule has 1 aromatic rings. The molecule has 20 heavy (non-hydrogen) atoms. The average Bonchev–Trinajstić information content (AvgIpc) is 2.49. The number of unbranched alkanes of at least 4 members (excludes halogenated alkanes) is 4. The van der Waals surface area contributed by atoms with Crippen LogP contribution in [0.3, 0.4) is 0 Å². The van der Waals surface area contributed by atoms with E-state index in [0.717, 1.165) is 24.5 Å². The standard InChI is InChI=1S/C17H29NO2/c1-3-4-13-18-14-9-5-6-10-15-20-17-12-8-7-11-16(17)19-2/h7-8,11-12,18H,3-6,9-10,13-15H2,1-2H3/p+1. The molecule has 0 unspecified atom stereocenters. The number of para-hydroxylation sites is 2. The van der Waals surface area contributed by atoms with Crippen LogP contribution in [-0.4, -0.2) is 26.8 Å². The van der Waals surface area contributed by atoms with Crippen LogP contribution in [0.1, 0.15) is 45.4 Å². The number of ether oxygens (including phenoxy) is 2.